The molecule has 0 fully saturated rings. The lowest BCUT2D eigenvalue weighted by atomic mass is 10.3. The van der Waals surface area contributed by atoms with Gasteiger partial charge in [-0.1, -0.05) is 22.9 Å². The fourth-order valence-electron chi connectivity index (χ4n) is 1.66. The van der Waals surface area contributed by atoms with E-state index in [-0.39, 0.29) is 18.4 Å². The number of aryl methyl sites for hydroxylation is 1. The van der Waals surface area contributed by atoms with E-state index < -0.39 is 0 Å². The van der Waals surface area contributed by atoms with Crippen molar-refractivity contribution in [1.29, 1.82) is 0 Å². The van der Waals surface area contributed by atoms with Crippen molar-refractivity contribution in [3.05, 3.63) is 35.0 Å². The summed E-state index contributed by atoms with van der Waals surface area (Å²) in [5.41, 5.74) is 0.785. The van der Waals surface area contributed by atoms with E-state index in [9.17, 15) is 4.79 Å². The maximum atomic E-state index is 11.8. The Labute approximate surface area is 128 Å². The van der Waals surface area contributed by atoms with Gasteiger partial charge in [0.2, 0.25) is 0 Å². The third-order valence-corrected chi connectivity index (χ3v) is 3.72. The van der Waals surface area contributed by atoms with Gasteiger partial charge < -0.3 is 9.26 Å². The molecule has 1 aromatic carbocycles. The summed E-state index contributed by atoms with van der Waals surface area (Å²) < 4.78 is 10.9. The van der Waals surface area contributed by atoms with Crippen LogP contribution in [0.4, 0.5) is 5.13 Å². The first-order valence-corrected chi connectivity index (χ1v) is 7.22. The molecule has 3 aromatic rings. The van der Waals surface area contributed by atoms with Gasteiger partial charge in [0.15, 0.2) is 11.7 Å². The van der Waals surface area contributed by atoms with E-state index in [4.69, 9.17) is 20.9 Å². The van der Waals surface area contributed by atoms with Crippen LogP contribution in [0.5, 0.6) is 5.88 Å². The van der Waals surface area contributed by atoms with Gasteiger partial charge in [-0.3, -0.25) is 10.1 Å². The van der Waals surface area contributed by atoms with E-state index in [0.717, 1.165) is 10.2 Å². The average Bonchev–Trinajstić information content (AvgIpc) is 3.01. The number of ether oxygens (including phenoxy) is 1. The molecule has 0 aliphatic heterocycles. The van der Waals surface area contributed by atoms with Gasteiger partial charge in [0.05, 0.1) is 10.2 Å². The first kappa shape index (κ1) is 13.8. The van der Waals surface area contributed by atoms with Crippen LogP contribution < -0.4 is 10.1 Å². The summed E-state index contributed by atoms with van der Waals surface area (Å²) in [7, 11) is 0. The summed E-state index contributed by atoms with van der Waals surface area (Å²) >= 11 is 7.26. The minimum atomic E-state index is -0.319. The van der Waals surface area contributed by atoms with Crippen LogP contribution in [0.15, 0.2) is 28.8 Å². The highest BCUT2D eigenvalue weighted by atomic mass is 35.5. The standard InChI is InChI=1S/C13H10ClN3O3S/c1-7-4-12(17-20-7)19-6-11(18)16-13-15-9-3-2-8(14)5-10(9)21-13/h2-5H,6H2,1H3,(H,15,16,18). The van der Waals surface area contributed by atoms with E-state index in [1.807, 2.05) is 0 Å². The van der Waals surface area contributed by atoms with Crippen LogP contribution in [-0.2, 0) is 4.79 Å². The molecule has 0 unspecified atom stereocenters. The van der Waals surface area contributed by atoms with E-state index in [0.29, 0.717) is 15.9 Å². The van der Waals surface area contributed by atoms with Gasteiger partial charge in [0.25, 0.3) is 11.8 Å². The number of thiazole rings is 1. The number of rotatable bonds is 4. The monoisotopic (exact) mass is 323 g/mol. The van der Waals surface area contributed by atoms with Crippen molar-refractivity contribution in [3.8, 4) is 5.88 Å². The lowest BCUT2D eigenvalue weighted by Crippen LogP contribution is -2.20. The molecule has 3 rings (SSSR count). The summed E-state index contributed by atoms with van der Waals surface area (Å²) in [6, 6.07) is 6.97. The third kappa shape index (κ3) is 3.32. The molecular weight excluding hydrogens is 314 g/mol. The third-order valence-electron chi connectivity index (χ3n) is 2.55. The first-order chi connectivity index (χ1) is 10.1. The number of nitrogens with zero attached hydrogens (tertiary/aromatic N) is 2. The van der Waals surface area contributed by atoms with Gasteiger partial charge in [-0.15, -0.1) is 0 Å². The van der Waals surface area contributed by atoms with E-state index in [2.05, 4.69) is 15.5 Å². The summed E-state index contributed by atoms with van der Waals surface area (Å²) in [6.45, 7) is 1.58. The second-order valence-electron chi connectivity index (χ2n) is 4.24. The van der Waals surface area contributed by atoms with Crippen molar-refractivity contribution in [2.75, 3.05) is 11.9 Å². The van der Waals surface area contributed by atoms with Gasteiger partial charge in [-0.25, -0.2) is 4.98 Å². The number of fused-ring (bicyclic) bond motifs is 1. The Morgan fingerprint density at radius 1 is 1.48 bits per heavy atom. The number of hydrogen-bond donors (Lipinski definition) is 1. The molecule has 108 valence electrons. The Balaban J connectivity index is 1.63. The summed E-state index contributed by atoms with van der Waals surface area (Å²) in [5.74, 6) is 0.577. The number of aromatic nitrogens is 2. The van der Waals surface area contributed by atoms with Crippen LogP contribution in [-0.4, -0.2) is 22.7 Å². The normalized spacial score (nSPS) is 10.8. The molecular formula is C13H10ClN3O3S. The molecule has 0 bridgehead atoms. The number of carbonyl (C=O) groups is 1. The van der Waals surface area contributed by atoms with Crippen molar-refractivity contribution in [1.82, 2.24) is 10.1 Å². The molecule has 1 amide bonds. The lowest BCUT2D eigenvalue weighted by molar-refractivity contribution is -0.118. The first-order valence-electron chi connectivity index (χ1n) is 6.02. The number of hydrogen-bond acceptors (Lipinski definition) is 6. The molecule has 6 nitrogen and oxygen atoms in total. The Morgan fingerprint density at radius 3 is 3.10 bits per heavy atom. The fraction of sp³-hybridized carbons (Fsp3) is 0.154. The van der Waals surface area contributed by atoms with Crippen LogP contribution in [0.3, 0.4) is 0 Å². The van der Waals surface area contributed by atoms with E-state index in [1.165, 1.54) is 11.3 Å². The van der Waals surface area contributed by atoms with Crippen molar-refractivity contribution >= 4 is 44.2 Å². The van der Waals surface area contributed by atoms with Gasteiger partial charge in [-0.05, 0) is 30.3 Å². The minimum absolute atomic E-state index is 0.164. The van der Waals surface area contributed by atoms with E-state index in [1.54, 1.807) is 31.2 Å². The Hall–Kier alpha value is -2.12. The fourth-order valence-corrected chi connectivity index (χ4v) is 2.82. The summed E-state index contributed by atoms with van der Waals surface area (Å²) in [5, 5.41) is 7.43. The zero-order chi connectivity index (χ0) is 14.8. The molecule has 0 atom stereocenters. The van der Waals surface area contributed by atoms with E-state index >= 15 is 0 Å². The Kier molecular flexibility index (Phi) is 3.76. The molecule has 2 heterocycles. The van der Waals surface area contributed by atoms with Crippen LogP contribution in [0.2, 0.25) is 5.02 Å². The molecule has 0 radical (unpaired) electrons. The largest absolute Gasteiger partial charge is 0.465 e. The topological polar surface area (TPSA) is 77.2 Å². The Morgan fingerprint density at radius 2 is 2.33 bits per heavy atom. The number of anilines is 1. The lowest BCUT2D eigenvalue weighted by Gasteiger charge is -2.01. The SMILES string of the molecule is Cc1cc(OCC(=O)Nc2nc3ccc(Cl)cc3s2)no1. The van der Waals surface area contributed by atoms with Gasteiger partial charge >= 0.3 is 0 Å². The quantitative estimate of drug-likeness (QED) is 0.797. The minimum Gasteiger partial charge on any atom is -0.465 e. The molecule has 0 aliphatic carbocycles. The highest BCUT2D eigenvalue weighted by Crippen LogP contribution is 2.28. The van der Waals surface area contributed by atoms with Crippen molar-refractivity contribution in [2.24, 2.45) is 0 Å². The molecule has 0 saturated heterocycles. The number of amides is 1. The smallest absolute Gasteiger partial charge is 0.264 e. The average molecular weight is 324 g/mol. The molecule has 0 aliphatic rings. The predicted octanol–water partition coefficient (Wildman–Crippen LogP) is 3.26. The zero-order valence-electron chi connectivity index (χ0n) is 10.9. The second kappa shape index (κ2) is 5.71. The highest BCUT2D eigenvalue weighted by molar-refractivity contribution is 7.22. The molecule has 2 aromatic heterocycles. The van der Waals surface area contributed by atoms with Crippen LogP contribution in [0.1, 0.15) is 5.76 Å². The van der Waals surface area contributed by atoms with Crippen LogP contribution in [0.25, 0.3) is 10.2 Å². The number of halogens is 1. The van der Waals surface area contributed by atoms with Crippen LogP contribution >= 0.6 is 22.9 Å². The predicted molar refractivity (Wildman–Crippen MR) is 80.0 cm³/mol. The second-order valence-corrected chi connectivity index (χ2v) is 5.71. The summed E-state index contributed by atoms with van der Waals surface area (Å²) in [6.07, 6.45) is 0. The molecule has 0 saturated carbocycles. The maximum absolute atomic E-state index is 11.8. The summed E-state index contributed by atoms with van der Waals surface area (Å²) in [4.78, 5) is 16.1. The molecule has 8 heteroatoms. The number of carbonyl (C=O) groups excluding carboxylic acids is 1. The van der Waals surface area contributed by atoms with Gasteiger partial charge in [0.1, 0.15) is 5.76 Å². The number of nitrogens with one attached hydrogen (secondary N) is 1. The number of benzene rings is 1. The van der Waals surface area contributed by atoms with Crippen LogP contribution in [0, 0.1) is 6.92 Å². The van der Waals surface area contributed by atoms with Crippen molar-refractivity contribution in [3.63, 3.8) is 0 Å². The molecule has 0 spiro atoms. The highest BCUT2D eigenvalue weighted by Gasteiger charge is 2.10. The van der Waals surface area contributed by atoms with Crippen molar-refractivity contribution < 1.29 is 14.1 Å². The zero-order valence-corrected chi connectivity index (χ0v) is 12.5. The molecule has 1 N–H and O–H groups in total. The maximum Gasteiger partial charge on any atom is 0.264 e. The van der Waals surface area contributed by atoms with Gasteiger partial charge in [-0.2, -0.15) is 0 Å². The molecule has 21 heavy (non-hydrogen) atoms. The van der Waals surface area contributed by atoms with Gasteiger partial charge in [0, 0.05) is 11.1 Å². The Bertz CT molecular complexity index is 799. The van der Waals surface area contributed by atoms with Crippen molar-refractivity contribution in [2.45, 2.75) is 6.92 Å².